The van der Waals surface area contributed by atoms with Gasteiger partial charge >= 0.3 is 0 Å². The smallest absolute Gasteiger partial charge is 0.247 e. The lowest BCUT2D eigenvalue weighted by atomic mass is 9.89. The van der Waals surface area contributed by atoms with Crippen LogP contribution in [0.3, 0.4) is 0 Å². The second-order valence-electron chi connectivity index (χ2n) is 9.97. The van der Waals surface area contributed by atoms with Crippen molar-refractivity contribution in [1.29, 1.82) is 0 Å². The average molecular weight is 527 g/mol. The van der Waals surface area contributed by atoms with Crippen molar-refractivity contribution in [3.05, 3.63) is 73.1 Å². The number of aryl methyl sites for hydroxylation is 1. The maximum Gasteiger partial charge on any atom is 0.247 e. The molecule has 1 amide bonds. The minimum Gasteiger partial charge on any atom is -0.495 e. The molecule has 39 heavy (non-hydrogen) atoms. The highest BCUT2D eigenvalue weighted by atomic mass is 16.5. The molecule has 4 aromatic rings. The third-order valence-electron chi connectivity index (χ3n) is 6.92. The van der Waals surface area contributed by atoms with E-state index in [-0.39, 0.29) is 11.8 Å². The van der Waals surface area contributed by atoms with Crippen LogP contribution in [0, 0.1) is 0 Å². The molecule has 2 aromatic carbocycles. The minimum atomic E-state index is -0.260. The maximum atomic E-state index is 12.4. The first kappa shape index (κ1) is 27.9. The van der Waals surface area contributed by atoms with Gasteiger partial charge in [0, 0.05) is 41.6 Å². The summed E-state index contributed by atoms with van der Waals surface area (Å²) in [6.07, 6.45) is 8.06. The highest BCUT2D eigenvalue weighted by Gasteiger charge is 2.20. The van der Waals surface area contributed by atoms with Crippen LogP contribution in [0.15, 0.2) is 67.5 Å². The van der Waals surface area contributed by atoms with Gasteiger partial charge in [-0.15, -0.1) is 0 Å². The van der Waals surface area contributed by atoms with Gasteiger partial charge < -0.3 is 24.8 Å². The lowest BCUT2D eigenvalue weighted by molar-refractivity contribution is -0.111. The van der Waals surface area contributed by atoms with Crippen LogP contribution in [0.25, 0.3) is 22.2 Å². The Morgan fingerprint density at radius 3 is 2.72 bits per heavy atom. The quantitative estimate of drug-likeness (QED) is 0.209. The highest BCUT2D eigenvalue weighted by Crippen LogP contribution is 2.39. The van der Waals surface area contributed by atoms with E-state index in [2.05, 4.69) is 70.9 Å². The zero-order valence-corrected chi connectivity index (χ0v) is 23.5. The van der Waals surface area contributed by atoms with Crippen molar-refractivity contribution in [2.75, 3.05) is 38.4 Å². The highest BCUT2D eigenvalue weighted by molar-refractivity contribution is 6.00. The number of hydrogen-bond acceptors (Lipinski definition) is 6. The van der Waals surface area contributed by atoms with Crippen molar-refractivity contribution in [3.8, 4) is 17.0 Å². The van der Waals surface area contributed by atoms with Crippen molar-refractivity contribution in [2.24, 2.45) is 7.05 Å². The molecule has 204 valence electrons. The van der Waals surface area contributed by atoms with E-state index < -0.39 is 0 Å². The largest absolute Gasteiger partial charge is 0.495 e. The Balaban J connectivity index is 1.73. The van der Waals surface area contributed by atoms with Crippen LogP contribution in [0.5, 0.6) is 5.75 Å². The summed E-state index contributed by atoms with van der Waals surface area (Å²) in [5.41, 5.74) is 5.41. The molecule has 0 aliphatic carbocycles. The summed E-state index contributed by atoms with van der Waals surface area (Å²) in [7, 11) is 7.82. The fourth-order valence-corrected chi connectivity index (χ4v) is 4.92. The van der Waals surface area contributed by atoms with Crippen LogP contribution in [0.1, 0.15) is 37.7 Å². The molecule has 2 heterocycles. The predicted octanol–water partition coefficient (Wildman–Crippen LogP) is 6.35. The number of anilines is 3. The summed E-state index contributed by atoms with van der Waals surface area (Å²) in [6, 6.07) is 14.1. The number of carbonyl (C=O) groups is 1. The standard InChI is InChI=1S/C31H38N6O2/c1-7-10-21(14-17-36(3)4)24-19-29(39-6)27(20-26(24)33-30(38)8-2)35-31-32-16-13-25(34-31)22-11-9-12-28-23(22)15-18-37(28)5/h8-9,11-13,15-16,18-21H,2,7,10,14,17H2,1,3-6H3,(H,33,38)(H,32,34,35). The second-order valence-corrected chi connectivity index (χ2v) is 9.97. The zero-order valence-electron chi connectivity index (χ0n) is 23.5. The molecule has 2 N–H and O–H groups in total. The van der Waals surface area contributed by atoms with Crippen LogP contribution >= 0.6 is 0 Å². The van der Waals surface area contributed by atoms with Gasteiger partial charge in [-0.2, -0.15) is 0 Å². The Labute approximate surface area is 230 Å². The number of amides is 1. The van der Waals surface area contributed by atoms with Crippen LogP contribution in [-0.4, -0.2) is 53.1 Å². The predicted molar refractivity (Wildman–Crippen MR) is 160 cm³/mol. The van der Waals surface area contributed by atoms with Gasteiger partial charge in [0.25, 0.3) is 0 Å². The number of rotatable bonds is 12. The van der Waals surface area contributed by atoms with Crippen molar-refractivity contribution < 1.29 is 9.53 Å². The van der Waals surface area contributed by atoms with Crippen molar-refractivity contribution in [2.45, 2.75) is 32.1 Å². The normalized spacial score (nSPS) is 11.9. The second kappa shape index (κ2) is 12.6. The molecule has 0 radical (unpaired) electrons. The first-order chi connectivity index (χ1) is 18.8. The van der Waals surface area contributed by atoms with Crippen LogP contribution in [-0.2, 0) is 11.8 Å². The molecule has 0 aliphatic heterocycles. The Hall–Kier alpha value is -4.17. The first-order valence-corrected chi connectivity index (χ1v) is 13.3. The number of benzene rings is 2. The molecule has 1 unspecified atom stereocenters. The molecule has 0 bridgehead atoms. The summed E-state index contributed by atoms with van der Waals surface area (Å²) in [4.78, 5) is 23.9. The monoisotopic (exact) mass is 526 g/mol. The summed E-state index contributed by atoms with van der Waals surface area (Å²) in [5.74, 6) is 1.09. The number of fused-ring (bicyclic) bond motifs is 1. The molecule has 0 aliphatic rings. The van der Waals surface area contributed by atoms with Gasteiger partial charge in [-0.25, -0.2) is 9.97 Å². The Bertz CT molecular complexity index is 1460. The van der Waals surface area contributed by atoms with Crippen LogP contribution in [0.2, 0.25) is 0 Å². The lowest BCUT2D eigenvalue weighted by Crippen LogP contribution is -2.18. The van der Waals surface area contributed by atoms with Crippen molar-refractivity contribution in [1.82, 2.24) is 19.4 Å². The molecule has 2 aromatic heterocycles. The molecule has 0 saturated carbocycles. The number of methoxy groups -OCH3 is 1. The van der Waals surface area contributed by atoms with E-state index in [9.17, 15) is 4.79 Å². The summed E-state index contributed by atoms with van der Waals surface area (Å²) in [5, 5.41) is 7.47. The van der Waals surface area contributed by atoms with Gasteiger partial charge in [-0.3, -0.25) is 4.79 Å². The SMILES string of the molecule is C=CC(=O)Nc1cc(Nc2nccc(-c3cccc4c3ccn4C)n2)c(OC)cc1C(CCC)CCN(C)C. The molecule has 0 spiro atoms. The van der Waals surface area contributed by atoms with E-state index in [0.717, 1.165) is 59.2 Å². The van der Waals surface area contributed by atoms with Gasteiger partial charge in [0.05, 0.1) is 18.5 Å². The first-order valence-electron chi connectivity index (χ1n) is 13.3. The van der Waals surface area contributed by atoms with E-state index >= 15 is 0 Å². The molecule has 1 atom stereocenters. The number of hydrogen-bond donors (Lipinski definition) is 2. The molecular weight excluding hydrogens is 488 g/mol. The number of ether oxygens (including phenoxy) is 1. The summed E-state index contributed by atoms with van der Waals surface area (Å²) >= 11 is 0. The van der Waals surface area contributed by atoms with Gasteiger partial charge in [0.1, 0.15) is 5.75 Å². The molecule has 0 fully saturated rings. The fourth-order valence-electron chi connectivity index (χ4n) is 4.92. The fraction of sp³-hybridized carbons (Fsp3) is 0.323. The van der Waals surface area contributed by atoms with Crippen LogP contribution < -0.4 is 15.4 Å². The van der Waals surface area contributed by atoms with Crippen LogP contribution in [0.4, 0.5) is 17.3 Å². The van der Waals surface area contributed by atoms with E-state index in [0.29, 0.717) is 17.4 Å². The van der Waals surface area contributed by atoms with Gasteiger partial charge in [0.15, 0.2) is 0 Å². The molecule has 0 saturated heterocycles. The topological polar surface area (TPSA) is 84.3 Å². The van der Waals surface area contributed by atoms with E-state index in [4.69, 9.17) is 9.72 Å². The molecular formula is C31H38N6O2. The molecule has 8 heteroatoms. The van der Waals surface area contributed by atoms with Crippen molar-refractivity contribution >= 4 is 34.1 Å². The third kappa shape index (κ3) is 6.46. The van der Waals surface area contributed by atoms with E-state index in [1.165, 1.54) is 6.08 Å². The number of nitrogens with zero attached hydrogens (tertiary/aromatic N) is 4. The third-order valence-corrected chi connectivity index (χ3v) is 6.92. The van der Waals surface area contributed by atoms with Crippen molar-refractivity contribution in [3.63, 3.8) is 0 Å². The minimum absolute atomic E-state index is 0.256. The number of aromatic nitrogens is 3. The Kier molecular flexibility index (Phi) is 8.99. The Morgan fingerprint density at radius 1 is 1.18 bits per heavy atom. The Morgan fingerprint density at radius 2 is 2.00 bits per heavy atom. The number of carbonyl (C=O) groups excluding carboxylic acids is 1. The summed E-state index contributed by atoms with van der Waals surface area (Å²) < 4.78 is 7.90. The zero-order chi connectivity index (χ0) is 27.9. The van der Waals surface area contributed by atoms with Gasteiger partial charge in [0.2, 0.25) is 11.9 Å². The molecule has 8 nitrogen and oxygen atoms in total. The van der Waals surface area contributed by atoms with Gasteiger partial charge in [-0.1, -0.05) is 32.1 Å². The summed E-state index contributed by atoms with van der Waals surface area (Å²) in [6.45, 7) is 6.75. The average Bonchev–Trinajstić information content (AvgIpc) is 3.32. The van der Waals surface area contributed by atoms with E-state index in [1.807, 2.05) is 37.5 Å². The maximum absolute atomic E-state index is 12.4. The van der Waals surface area contributed by atoms with E-state index in [1.54, 1.807) is 13.3 Å². The lowest BCUT2D eigenvalue weighted by Gasteiger charge is -2.24. The molecule has 4 rings (SSSR count). The number of nitrogens with one attached hydrogen (secondary N) is 2. The van der Waals surface area contributed by atoms with Gasteiger partial charge in [-0.05, 0) is 81.4 Å².